The van der Waals surface area contributed by atoms with Crippen molar-refractivity contribution in [2.45, 2.75) is 13.8 Å². The zero-order valence-electron chi connectivity index (χ0n) is 13.5. The molecule has 0 heterocycles. The second kappa shape index (κ2) is 8.36. The van der Waals surface area contributed by atoms with Crippen LogP contribution in [0.25, 0.3) is 0 Å². The predicted octanol–water partition coefficient (Wildman–Crippen LogP) is 3.84. The van der Waals surface area contributed by atoms with E-state index in [1.807, 2.05) is 13.0 Å². The van der Waals surface area contributed by atoms with Crippen LogP contribution in [-0.4, -0.2) is 25.1 Å². The molecular formula is C18H18ClNO4. The zero-order chi connectivity index (χ0) is 17.5. The van der Waals surface area contributed by atoms with Gasteiger partial charge in [-0.1, -0.05) is 23.7 Å². The van der Waals surface area contributed by atoms with Crippen molar-refractivity contribution in [3.8, 4) is 5.75 Å². The first-order valence-electron chi connectivity index (χ1n) is 7.45. The summed E-state index contributed by atoms with van der Waals surface area (Å²) in [4.78, 5) is 23.7. The number of anilines is 1. The van der Waals surface area contributed by atoms with Gasteiger partial charge in [0.05, 0.1) is 17.2 Å². The van der Waals surface area contributed by atoms with Gasteiger partial charge >= 0.3 is 5.97 Å². The van der Waals surface area contributed by atoms with Crippen LogP contribution in [0.3, 0.4) is 0 Å². The molecule has 2 aromatic carbocycles. The minimum Gasteiger partial charge on any atom is -0.482 e. The Labute approximate surface area is 145 Å². The van der Waals surface area contributed by atoms with Crippen LogP contribution in [0.4, 0.5) is 5.69 Å². The number of amides is 1. The van der Waals surface area contributed by atoms with Crippen molar-refractivity contribution in [2.24, 2.45) is 0 Å². The standard InChI is InChI=1S/C18H18ClNO4/c1-3-23-18(22)13-5-4-6-14(10-13)20-17(21)11-24-16-9-12(2)7-8-15(16)19/h4-10H,3,11H2,1-2H3,(H,20,21). The van der Waals surface area contributed by atoms with E-state index in [2.05, 4.69) is 5.32 Å². The topological polar surface area (TPSA) is 64.6 Å². The number of rotatable bonds is 6. The number of aryl methyl sites for hydroxylation is 1. The summed E-state index contributed by atoms with van der Waals surface area (Å²) in [5.41, 5.74) is 1.85. The molecule has 0 atom stereocenters. The normalized spacial score (nSPS) is 10.1. The summed E-state index contributed by atoms with van der Waals surface area (Å²) < 4.78 is 10.4. The van der Waals surface area contributed by atoms with Crippen molar-refractivity contribution in [2.75, 3.05) is 18.5 Å². The number of benzene rings is 2. The third kappa shape index (κ3) is 4.99. The SMILES string of the molecule is CCOC(=O)c1cccc(NC(=O)COc2cc(C)ccc2Cl)c1. The summed E-state index contributed by atoms with van der Waals surface area (Å²) >= 11 is 6.02. The number of carbonyl (C=O) groups excluding carboxylic acids is 2. The number of halogens is 1. The van der Waals surface area contributed by atoms with Crippen molar-refractivity contribution in [3.05, 3.63) is 58.6 Å². The van der Waals surface area contributed by atoms with Gasteiger partial charge in [-0.15, -0.1) is 0 Å². The molecule has 0 saturated carbocycles. The minimum absolute atomic E-state index is 0.188. The van der Waals surface area contributed by atoms with Gasteiger partial charge in [0, 0.05) is 5.69 Å². The molecule has 0 aromatic heterocycles. The summed E-state index contributed by atoms with van der Waals surface area (Å²) in [6, 6.07) is 11.9. The van der Waals surface area contributed by atoms with E-state index in [0.29, 0.717) is 28.6 Å². The maximum absolute atomic E-state index is 12.0. The first-order chi connectivity index (χ1) is 11.5. The fraction of sp³-hybridized carbons (Fsp3) is 0.222. The molecule has 0 aliphatic heterocycles. The van der Waals surface area contributed by atoms with E-state index >= 15 is 0 Å². The van der Waals surface area contributed by atoms with E-state index in [1.165, 1.54) is 0 Å². The molecule has 0 aliphatic rings. The van der Waals surface area contributed by atoms with Gasteiger partial charge < -0.3 is 14.8 Å². The summed E-state index contributed by atoms with van der Waals surface area (Å²) in [6.07, 6.45) is 0. The van der Waals surface area contributed by atoms with Crippen LogP contribution < -0.4 is 10.1 Å². The monoisotopic (exact) mass is 347 g/mol. The van der Waals surface area contributed by atoms with Crippen molar-refractivity contribution in [1.29, 1.82) is 0 Å². The smallest absolute Gasteiger partial charge is 0.338 e. The molecule has 2 rings (SSSR count). The Bertz CT molecular complexity index is 746. The molecule has 1 N–H and O–H groups in total. The van der Waals surface area contributed by atoms with Crippen molar-refractivity contribution < 1.29 is 19.1 Å². The van der Waals surface area contributed by atoms with Crippen molar-refractivity contribution in [1.82, 2.24) is 0 Å². The molecule has 2 aromatic rings. The lowest BCUT2D eigenvalue weighted by Gasteiger charge is -2.10. The van der Waals surface area contributed by atoms with Crippen LogP contribution in [0.15, 0.2) is 42.5 Å². The summed E-state index contributed by atoms with van der Waals surface area (Å²) in [6.45, 7) is 3.74. The third-order valence-electron chi connectivity index (χ3n) is 3.10. The van der Waals surface area contributed by atoms with E-state index in [0.717, 1.165) is 5.56 Å². The van der Waals surface area contributed by atoms with Gasteiger partial charge in [-0.3, -0.25) is 4.79 Å². The Hall–Kier alpha value is -2.53. The Morgan fingerprint density at radius 3 is 2.71 bits per heavy atom. The molecule has 6 heteroatoms. The average molecular weight is 348 g/mol. The first-order valence-corrected chi connectivity index (χ1v) is 7.83. The Morgan fingerprint density at radius 2 is 1.96 bits per heavy atom. The molecule has 0 unspecified atom stereocenters. The lowest BCUT2D eigenvalue weighted by atomic mass is 10.2. The lowest BCUT2D eigenvalue weighted by molar-refractivity contribution is -0.118. The number of carbonyl (C=O) groups is 2. The van der Waals surface area contributed by atoms with Gasteiger partial charge in [0.1, 0.15) is 5.75 Å². The summed E-state index contributed by atoms with van der Waals surface area (Å²) in [7, 11) is 0. The largest absolute Gasteiger partial charge is 0.482 e. The van der Waals surface area contributed by atoms with Crippen LogP contribution in [-0.2, 0) is 9.53 Å². The molecule has 1 amide bonds. The van der Waals surface area contributed by atoms with Crippen LogP contribution in [0, 0.1) is 6.92 Å². The van der Waals surface area contributed by atoms with Crippen LogP contribution in [0.2, 0.25) is 5.02 Å². The maximum Gasteiger partial charge on any atom is 0.338 e. The van der Waals surface area contributed by atoms with E-state index in [1.54, 1.807) is 43.3 Å². The zero-order valence-corrected chi connectivity index (χ0v) is 14.2. The second-order valence-electron chi connectivity index (χ2n) is 5.07. The average Bonchev–Trinajstić information content (AvgIpc) is 2.56. The number of esters is 1. The molecule has 0 spiro atoms. The van der Waals surface area contributed by atoms with Crippen molar-refractivity contribution >= 4 is 29.2 Å². The summed E-state index contributed by atoms with van der Waals surface area (Å²) in [5.74, 6) is -0.336. The predicted molar refractivity (Wildman–Crippen MR) is 92.7 cm³/mol. The highest BCUT2D eigenvalue weighted by Crippen LogP contribution is 2.25. The Kier molecular flexibility index (Phi) is 6.21. The maximum atomic E-state index is 12.0. The van der Waals surface area contributed by atoms with Gasteiger partial charge in [0.2, 0.25) is 0 Å². The minimum atomic E-state index is -0.434. The van der Waals surface area contributed by atoms with Crippen LogP contribution in [0.5, 0.6) is 5.75 Å². The van der Waals surface area contributed by atoms with Crippen LogP contribution >= 0.6 is 11.6 Å². The molecule has 0 radical (unpaired) electrons. The second-order valence-corrected chi connectivity index (χ2v) is 5.48. The number of ether oxygens (including phenoxy) is 2. The highest BCUT2D eigenvalue weighted by molar-refractivity contribution is 6.32. The van der Waals surface area contributed by atoms with Gasteiger partial charge in [0.15, 0.2) is 6.61 Å². The van der Waals surface area contributed by atoms with Gasteiger partial charge in [0.25, 0.3) is 5.91 Å². The Morgan fingerprint density at radius 1 is 1.17 bits per heavy atom. The number of nitrogens with one attached hydrogen (secondary N) is 1. The first kappa shape index (κ1) is 17.8. The molecular weight excluding hydrogens is 330 g/mol. The highest BCUT2D eigenvalue weighted by atomic mass is 35.5. The molecule has 0 bridgehead atoms. The molecule has 0 saturated heterocycles. The Balaban J connectivity index is 1.96. The number of hydrogen-bond acceptors (Lipinski definition) is 4. The van der Waals surface area contributed by atoms with E-state index in [4.69, 9.17) is 21.1 Å². The fourth-order valence-electron chi connectivity index (χ4n) is 2.00. The van der Waals surface area contributed by atoms with E-state index in [-0.39, 0.29) is 12.5 Å². The van der Waals surface area contributed by atoms with E-state index < -0.39 is 5.97 Å². The van der Waals surface area contributed by atoms with E-state index in [9.17, 15) is 9.59 Å². The van der Waals surface area contributed by atoms with Gasteiger partial charge in [-0.05, 0) is 49.7 Å². The molecule has 5 nitrogen and oxygen atoms in total. The fourth-order valence-corrected chi connectivity index (χ4v) is 2.17. The molecule has 0 fully saturated rings. The number of hydrogen-bond donors (Lipinski definition) is 1. The lowest BCUT2D eigenvalue weighted by Crippen LogP contribution is -2.20. The van der Waals surface area contributed by atoms with Gasteiger partial charge in [-0.25, -0.2) is 4.79 Å². The molecule has 0 aliphatic carbocycles. The molecule has 126 valence electrons. The van der Waals surface area contributed by atoms with Gasteiger partial charge in [-0.2, -0.15) is 0 Å². The molecule has 24 heavy (non-hydrogen) atoms. The third-order valence-corrected chi connectivity index (χ3v) is 3.42. The van der Waals surface area contributed by atoms with Crippen molar-refractivity contribution in [3.63, 3.8) is 0 Å². The van der Waals surface area contributed by atoms with Crippen LogP contribution in [0.1, 0.15) is 22.8 Å². The highest BCUT2D eigenvalue weighted by Gasteiger charge is 2.10. The quantitative estimate of drug-likeness (QED) is 0.806. The summed E-state index contributed by atoms with van der Waals surface area (Å²) in [5, 5.41) is 3.11.